The molecule has 1 saturated heterocycles. The Labute approximate surface area is 153 Å². The van der Waals surface area contributed by atoms with Crippen LogP contribution in [0.15, 0.2) is 24.4 Å². The molecule has 3 heterocycles. The lowest BCUT2D eigenvalue weighted by atomic mass is 9.53. The van der Waals surface area contributed by atoms with Crippen molar-refractivity contribution in [2.45, 2.75) is 50.5 Å². The fraction of sp³-hybridized carbons (Fsp3) is 0.619. The van der Waals surface area contributed by atoms with Crippen molar-refractivity contribution in [1.29, 1.82) is 0 Å². The summed E-state index contributed by atoms with van der Waals surface area (Å²) in [5, 5.41) is 3.49. The highest BCUT2D eigenvalue weighted by molar-refractivity contribution is 6.00. The van der Waals surface area contributed by atoms with Gasteiger partial charge in [0.1, 0.15) is 0 Å². The lowest BCUT2D eigenvalue weighted by Gasteiger charge is -2.56. The van der Waals surface area contributed by atoms with Crippen LogP contribution in [0.25, 0.3) is 5.52 Å². The Morgan fingerprint density at radius 1 is 1.08 bits per heavy atom. The molecule has 0 spiro atoms. The first-order valence-corrected chi connectivity index (χ1v) is 10.2. The molecular formula is C21H26N4O. The molecule has 5 nitrogen and oxygen atoms in total. The summed E-state index contributed by atoms with van der Waals surface area (Å²) in [4.78, 5) is 20.3. The first kappa shape index (κ1) is 15.1. The van der Waals surface area contributed by atoms with E-state index in [-0.39, 0.29) is 11.4 Å². The Bertz CT molecular complexity index is 846. The van der Waals surface area contributed by atoms with Crippen molar-refractivity contribution < 1.29 is 4.79 Å². The summed E-state index contributed by atoms with van der Waals surface area (Å²) in [7, 11) is 0. The summed E-state index contributed by atoms with van der Waals surface area (Å²) in [6.07, 6.45) is 10.9. The van der Waals surface area contributed by atoms with E-state index < -0.39 is 0 Å². The fourth-order valence-electron chi connectivity index (χ4n) is 6.49. The third kappa shape index (κ3) is 2.15. The summed E-state index contributed by atoms with van der Waals surface area (Å²) in [5.41, 5.74) is 1.56. The van der Waals surface area contributed by atoms with E-state index in [1.807, 2.05) is 24.4 Å². The van der Waals surface area contributed by atoms with Crippen LogP contribution >= 0.6 is 0 Å². The molecule has 4 aliphatic carbocycles. The Kier molecular flexibility index (Phi) is 3.04. The summed E-state index contributed by atoms with van der Waals surface area (Å²) in [5.74, 6) is 3.44. The average molecular weight is 350 g/mol. The van der Waals surface area contributed by atoms with E-state index >= 15 is 0 Å². The second-order valence-corrected chi connectivity index (χ2v) is 9.21. The number of imidazole rings is 1. The molecule has 5 fully saturated rings. The van der Waals surface area contributed by atoms with Crippen LogP contribution in [0.5, 0.6) is 0 Å². The largest absolute Gasteiger partial charge is 0.345 e. The van der Waals surface area contributed by atoms with E-state index in [0.29, 0.717) is 5.69 Å². The monoisotopic (exact) mass is 350 g/mol. The quantitative estimate of drug-likeness (QED) is 0.924. The van der Waals surface area contributed by atoms with Crippen LogP contribution in [-0.2, 0) is 0 Å². The number of carbonyl (C=O) groups is 1. The van der Waals surface area contributed by atoms with Gasteiger partial charge in [-0.1, -0.05) is 6.07 Å². The molecule has 0 aromatic carbocycles. The van der Waals surface area contributed by atoms with Crippen molar-refractivity contribution in [1.82, 2.24) is 14.7 Å². The van der Waals surface area contributed by atoms with Crippen molar-refractivity contribution in [2.75, 3.05) is 18.0 Å². The van der Waals surface area contributed by atoms with Gasteiger partial charge in [-0.2, -0.15) is 0 Å². The fourth-order valence-corrected chi connectivity index (χ4v) is 6.49. The van der Waals surface area contributed by atoms with Gasteiger partial charge in [-0.25, -0.2) is 4.98 Å². The lowest BCUT2D eigenvalue weighted by molar-refractivity contribution is -0.0167. The first-order valence-electron chi connectivity index (χ1n) is 10.2. The lowest BCUT2D eigenvalue weighted by Crippen LogP contribution is -2.59. The molecule has 1 amide bonds. The third-order valence-electron chi connectivity index (χ3n) is 7.30. The summed E-state index contributed by atoms with van der Waals surface area (Å²) >= 11 is 0. The van der Waals surface area contributed by atoms with Crippen LogP contribution in [0.4, 0.5) is 5.95 Å². The number of amides is 1. The maximum atomic E-state index is 13.3. The zero-order chi connectivity index (χ0) is 17.3. The van der Waals surface area contributed by atoms with Gasteiger partial charge in [-0.3, -0.25) is 9.20 Å². The maximum Gasteiger partial charge on any atom is 0.272 e. The van der Waals surface area contributed by atoms with E-state index in [4.69, 9.17) is 4.98 Å². The predicted octanol–water partition coefficient (Wildman–Crippen LogP) is 3.24. The van der Waals surface area contributed by atoms with Gasteiger partial charge in [0.25, 0.3) is 5.91 Å². The smallest absolute Gasteiger partial charge is 0.272 e. The standard InChI is InChI=1S/C21H26N4O/c26-19(23-21-11-14-8-15(12-21)10-16(9-14)13-21)18-17-4-1-2-7-25(17)20(22-18)24-5-3-6-24/h1-2,4,7,14-16H,3,5-6,8-13H2,(H,23,26). The van der Waals surface area contributed by atoms with Crippen molar-refractivity contribution in [3.8, 4) is 0 Å². The molecule has 136 valence electrons. The van der Waals surface area contributed by atoms with E-state index in [2.05, 4.69) is 14.6 Å². The Morgan fingerprint density at radius 3 is 2.38 bits per heavy atom. The van der Waals surface area contributed by atoms with Crippen LogP contribution in [0, 0.1) is 17.8 Å². The summed E-state index contributed by atoms with van der Waals surface area (Å²) in [6.45, 7) is 2.06. The van der Waals surface area contributed by atoms with Gasteiger partial charge >= 0.3 is 0 Å². The van der Waals surface area contributed by atoms with Crippen molar-refractivity contribution in [3.05, 3.63) is 30.1 Å². The second-order valence-electron chi connectivity index (χ2n) is 9.21. The Balaban J connectivity index is 1.34. The van der Waals surface area contributed by atoms with Crippen LogP contribution in [0.3, 0.4) is 0 Å². The number of hydrogen-bond acceptors (Lipinski definition) is 3. The molecule has 4 saturated carbocycles. The molecule has 2 aromatic rings. The minimum atomic E-state index is 0.0300. The predicted molar refractivity (Wildman–Crippen MR) is 100 cm³/mol. The molecule has 0 radical (unpaired) electrons. The maximum absolute atomic E-state index is 13.3. The van der Waals surface area contributed by atoms with Crippen LogP contribution in [0.2, 0.25) is 0 Å². The van der Waals surface area contributed by atoms with E-state index in [0.717, 1.165) is 42.3 Å². The van der Waals surface area contributed by atoms with Gasteiger partial charge in [-0.05, 0) is 74.8 Å². The number of aromatic nitrogens is 2. The molecule has 0 atom stereocenters. The molecular weight excluding hydrogens is 324 g/mol. The van der Waals surface area contributed by atoms with Gasteiger partial charge in [0.15, 0.2) is 5.69 Å². The number of nitrogens with one attached hydrogen (secondary N) is 1. The van der Waals surface area contributed by atoms with Crippen LogP contribution in [0.1, 0.15) is 55.4 Å². The minimum absolute atomic E-state index is 0.0300. The number of nitrogens with zero attached hydrogens (tertiary/aromatic N) is 3. The number of rotatable bonds is 3. The number of hydrogen-bond donors (Lipinski definition) is 1. The minimum Gasteiger partial charge on any atom is -0.345 e. The highest BCUT2D eigenvalue weighted by Gasteiger charge is 2.51. The average Bonchev–Trinajstić information content (AvgIpc) is 2.91. The zero-order valence-electron chi connectivity index (χ0n) is 15.2. The van der Waals surface area contributed by atoms with Gasteiger partial charge in [0, 0.05) is 24.8 Å². The molecule has 26 heavy (non-hydrogen) atoms. The second kappa shape index (κ2) is 5.24. The molecule has 7 rings (SSSR count). The molecule has 0 unspecified atom stereocenters. The molecule has 5 aliphatic rings. The summed E-state index contributed by atoms with van der Waals surface area (Å²) in [6, 6.07) is 6.03. The highest BCUT2D eigenvalue weighted by Crippen LogP contribution is 2.55. The topological polar surface area (TPSA) is 49.6 Å². The van der Waals surface area contributed by atoms with Crippen molar-refractivity contribution in [2.24, 2.45) is 17.8 Å². The van der Waals surface area contributed by atoms with E-state index in [1.165, 1.54) is 44.9 Å². The number of anilines is 1. The van der Waals surface area contributed by atoms with E-state index in [1.54, 1.807) is 0 Å². The van der Waals surface area contributed by atoms with E-state index in [9.17, 15) is 4.79 Å². The Morgan fingerprint density at radius 2 is 1.77 bits per heavy atom. The van der Waals surface area contributed by atoms with Crippen LogP contribution in [-0.4, -0.2) is 33.9 Å². The molecule has 1 N–H and O–H groups in total. The van der Waals surface area contributed by atoms with Crippen molar-refractivity contribution in [3.63, 3.8) is 0 Å². The van der Waals surface area contributed by atoms with Crippen molar-refractivity contribution >= 4 is 17.4 Å². The molecule has 2 aromatic heterocycles. The number of fused-ring (bicyclic) bond motifs is 1. The van der Waals surface area contributed by atoms with Crippen LogP contribution < -0.4 is 10.2 Å². The SMILES string of the molecule is O=C(NC12CC3CC(CC(C3)C1)C2)c1nc(N2CCC2)n2ccccc12. The van der Waals surface area contributed by atoms with Gasteiger partial charge in [0.2, 0.25) is 5.95 Å². The highest BCUT2D eigenvalue weighted by atomic mass is 16.2. The zero-order valence-corrected chi connectivity index (χ0v) is 15.2. The molecule has 1 aliphatic heterocycles. The van der Waals surface area contributed by atoms with Gasteiger partial charge < -0.3 is 10.2 Å². The summed E-state index contributed by atoms with van der Waals surface area (Å²) < 4.78 is 2.08. The van der Waals surface area contributed by atoms with Gasteiger partial charge in [-0.15, -0.1) is 0 Å². The first-order chi connectivity index (χ1) is 12.7. The number of carbonyl (C=O) groups excluding carboxylic acids is 1. The molecule has 4 bridgehead atoms. The third-order valence-corrected chi connectivity index (χ3v) is 7.30. The van der Waals surface area contributed by atoms with Gasteiger partial charge in [0.05, 0.1) is 5.52 Å². The normalized spacial score (nSPS) is 34.9. The Hall–Kier alpha value is -2.04. The number of pyridine rings is 1. The molecule has 5 heteroatoms.